The predicted molar refractivity (Wildman–Crippen MR) is 65.6 cm³/mol. The van der Waals surface area contributed by atoms with Crippen LogP contribution in [0.25, 0.3) is 0 Å². The van der Waals surface area contributed by atoms with Crippen LogP contribution in [0.1, 0.15) is 38.3 Å². The molecule has 0 amide bonds. The van der Waals surface area contributed by atoms with Crippen molar-refractivity contribution in [1.29, 1.82) is 0 Å². The van der Waals surface area contributed by atoms with Crippen molar-refractivity contribution >= 4 is 5.97 Å². The van der Waals surface area contributed by atoms with Gasteiger partial charge in [0.2, 0.25) is 0 Å². The molecular weight excluding hydrogens is 218 g/mol. The molecule has 0 aromatic carbocycles. The highest BCUT2D eigenvalue weighted by molar-refractivity contribution is 5.70. The molecule has 0 bridgehead atoms. The lowest BCUT2D eigenvalue weighted by Gasteiger charge is -2.13. The van der Waals surface area contributed by atoms with Crippen LogP contribution in [0, 0.1) is 0 Å². The summed E-state index contributed by atoms with van der Waals surface area (Å²) < 4.78 is 6.84. The van der Waals surface area contributed by atoms with Crippen LogP contribution >= 0.6 is 0 Å². The highest BCUT2D eigenvalue weighted by Gasteiger charge is 2.16. The minimum atomic E-state index is -0.185. The average Bonchev–Trinajstić information content (AvgIpc) is 2.75. The lowest BCUT2D eigenvalue weighted by molar-refractivity contribution is -0.143. The molecule has 1 rings (SSSR count). The first-order valence-electron chi connectivity index (χ1n) is 6.06. The zero-order valence-electron chi connectivity index (χ0n) is 10.8. The summed E-state index contributed by atoms with van der Waals surface area (Å²) in [6.07, 6.45) is 5.16. The van der Waals surface area contributed by atoms with Crippen molar-refractivity contribution in [2.75, 3.05) is 13.7 Å². The van der Waals surface area contributed by atoms with E-state index in [2.05, 4.69) is 17.3 Å². The van der Waals surface area contributed by atoms with Crippen molar-refractivity contribution in [2.45, 2.75) is 39.3 Å². The summed E-state index contributed by atoms with van der Waals surface area (Å²) in [5.41, 5.74) is 1.02. The fourth-order valence-corrected chi connectivity index (χ4v) is 1.68. The van der Waals surface area contributed by atoms with Gasteiger partial charge in [0.25, 0.3) is 0 Å². The fraction of sp³-hybridized carbons (Fsp3) is 0.667. The van der Waals surface area contributed by atoms with E-state index in [0.29, 0.717) is 13.0 Å². The number of rotatable bonds is 7. The van der Waals surface area contributed by atoms with Gasteiger partial charge in [-0.1, -0.05) is 6.92 Å². The minimum absolute atomic E-state index is 0.0281. The summed E-state index contributed by atoms with van der Waals surface area (Å²) in [5, 5.41) is 7.36. The third kappa shape index (κ3) is 4.19. The maximum absolute atomic E-state index is 11.4. The number of carbonyl (C=O) groups excluding carboxylic acids is 1. The van der Waals surface area contributed by atoms with Gasteiger partial charge in [-0.15, -0.1) is 0 Å². The molecule has 1 aromatic rings. The number of nitrogens with one attached hydrogen (secondary N) is 1. The number of carbonyl (C=O) groups is 1. The van der Waals surface area contributed by atoms with Gasteiger partial charge in [-0.3, -0.25) is 9.48 Å². The van der Waals surface area contributed by atoms with Gasteiger partial charge in [-0.25, -0.2) is 0 Å². The molecule has 5 heteroatoms. The Morgan fingerprint density at radius 1 is 1.59 bits per heavy atom. The molecule has 0 radical (unpaired) electrons. The Morgan fingerprint density at radius 3 is 2.94 bits per heavy atom. The summed E-state index contributed by atoms with van der Waals surface area (Å²) in [6.45, 7) is 5.24. The van der Waals surface area contributed by atoms with Crippen LogP contribution in [0.3, 0.4) is 0 Å². The standard InChI is InChI=1S/C12H21N3O2/c1-4-6-15-9-10(8-14-15)11(13-3)7-12(16)17-5-2/h8-9,11,13H,4-7H2,1-3H3. The van der Waals surface area contributed by atoms with Gasteiger partial charge in [0.15, 0.2) is 0 Å². The number of hydrogen-bond donors (Lipinski definition) is 1. The van der Waals surface area contributed by atoms with Crippen LogP contribution in [0.4, 0.5) is 0 Å². The zero-order chi connectivity index (χ0) is 12.7. The summed E-state index contributed by atoms with van der Waals surface area (Å²) >= 11 is 0. The largest absolute Gasteiger partial charge is 0.466 e. The number of aromatic nitrogens is 2. The van der Waals surface area contributed by atoms with Crippen LogP contribution in [0.2, 0.25) is 0 Å². The van der Waals surface area contributed by atoms with E-state index < -0.39 is 0 Å². The number of hydrogen-bond acceptors (Lipinski definition) is 4. The quantitative estimate of drug-likeness (QED) is 0.733. The molecule has 5 nitrogen and oxygen atoms in total. The summed E-state index contributed by atoms with van der Waals surface area (Å²) in [5.74, 6) is -0.185. The van der Waals surface area contributed by atoms with Gasteiger partial charge in [-0.05, 0) is 20.4 Å². The molecule has 0 aliphatic carbocycles. The fourth-order valence-electron chi connectivity index (χ4n) is 1.68. The van der Waals surface area contributed by atoms with E-state index in [9.17, 15) is 4.79 Å². The molecule has 0 aliphatic rings. The zero-order valence-corrected chi connectivity index (χ0v) is 10.8. The van der Waals surface area contributed by atoms with Crippen LogP contribution < -0.4 is 5.32 Å². The number of aryl methyl sites for hydroxylation is 1. The first-order valence-corrected chi connectivity index (χ1v) is 6.06. The molecule has 1 heterocycles. The van der Waals surface area contributed by atoms with E-state index in [0.717, 1.165) is 18.5 Å². The Labute approximate surface area is 102 Å². The summed E-state index contributed by atoms with van der Waals surface area (Å²) in [4.78, 5) is 11.4. The highest BCUT2D eigenvalue weighted by atomic mass is 16.5. The average molecular weight is 239 g/mol. The van der Waals surface area contributed by atoms with E-state index in [1.807, 2.05) is 24.9 Å². The molecule has 0 fully saturated rings. The SMILES string of the molecule is CCCn1cc(C(CC(=O)OCC)NC)cn1. The maximum atomic E-state index is 11.4. The second kappa shape index (κ2) is 7.06. The monoisotopic (exact) mass is 239 g/mol. The molecule has 1 unspecified atom stereocenters. The maximum Gasteiger partial charge on any atom is 0.307 e. The van der Waals surface area contributed by atoms with Gasteiger partial charge < -0.3 is 10.1 Å². The van der Waals surface area contributed by atoms with Crippen LogP contribution in [0.5, 0.6) is 0 Å². The van der Waals surface area contributed by atoms with Gasteiger partial charge in [0, 0.05) is 24.3 Å². The molecule has 96 valence electrons. The van der Waals surface area contributed by atoms with Crippen molar-refractivity contribution in [2.24, 2.45) is 0 Å². The molecule has 17 heavy (non-hydrogen) atoms. The van der Waals surface area contributed by atoms with E-state index in [1.165, 1.54) is 0 Å². The van der Waals surface area contributed by atoms with Gasteiger partial charge in [0.1, 0.15) is 0 Å². The second-order valence-corrected chi connectivity index (χ2v) is 3.89. The number of ether oxygens (including phenoxy) is 1. The van der Waals surface area contributed by atoms with Crippen molar-refractivity contribution < 1.29 is 9.53 Å². The van der Waals surface area contributed by atoms with Crippen molar-refractivity contribution in [3.05, 3.63) is 18.0 Å². The topological polar surface area (TPSA) is 56.1 Å². The van der Waals surface area contributed by atoms with E-state index in [4.69, 9.17) is 4.74 Å². The van der Waals surface area contributed by atoms with Gasteiger partial charge >= 0.3 is 5.97 Å². The Morgan fingerprint density at radius 2 is 2.35 bits per heavy atom. The summed E-state index contributed by atoms with van der Waals surface area (Å²) in [6, 6.07) is -0.0281. The Balaban J connectivity index is 2.62. The number of esters is 1. The smallest absolute Gasteiger partial charge is 0.307 e. The van der Waals surface area contributed by atoms with Crippen LogP contribution in [-0.2, 0) is 16.1 Å². The third-order valence-corrected chi connectivity index (χ3v) is 2.53. The number of nitrogens with zero attached hydrogens (tertiary/aromatic N) is 2. The Bertz CT molecular complexity index is 349. The van der Waals surface area contributed by atoms with Crippen molar-refractivity contribution in [3.8, 4) is 0 Å². The van der Waals surface area contributed by atoms with E-state index in [-0.39, 0.29) is 12.0 Å². The lowest BCUT2D eigenvalue weighted by atomic mass is 10.1. The van der Waals surface area contributed by atoms with Crippen LogP contribution in [-0.4, -0.2) is 29.4 Å². The normalized spacial score (nSPS) is 12.4. The first-order chi connectivity index (χ1) is 8.21. The minimum Gasteiger partial charge on any atom is -0.466 e. The molecule has 1 atom stereocenters. The Kier molecular flexibility index (Phi) is 5.69. The molecule has 0 saturated carbocycles. The van der Waals surface area contributed by atoms with Gasteiger partial charge in [-0.2, -0.15) is 5.10 Å². The van der Waals surface area contributed by atoms with E-state index >= 15 is 0 Å². The highest BCUT2D eigenvalue weighted by Crippen LogP contribution is 2.16. The van der Waals surface area contributed by atoms with Gasteiger partial charge in [0.05, 0.1) is 19.2 Å². The lowest BCUT2D eigenvalue weighted by Crippen LogP contribution is -2.20. The van der Waals surface area contributed by atoms with Crippen molar-refractivity contribution in [3.63, 3.8) is 0 Å². The third-order valence-electron chi connectivity index (χ3n) is 2.53. The molecule has 1 N–H and O–H groups in total. The Hall–Kier alpha value is -1.36. The molecule has 1 aromatic heterocycles. The molecular formula is C12H21N3O2. The molecule has 0 spiro atoms. The molecule has 0 aliphatic heterocycles. The second-order valence-electron chi connectivity index (χ2n) is 3.89. The molecule has 0 saturated heterocycles. The van der Waals surface area contributed by atoms with Crippen LogP contribution in [0.15, 0.2) is 12.4 Å². The first kappa shape index (κ1) is 13.7. The summed E-state index contributed by atoms with van der Waals surface area (Å²) in [7, 11) is 1.83. The van der Waals surface area contributed by atoms with E-state index in [1.54, 1.807) is 6.20 Å². The van der Waals surface area contributed by atoms with Crippen molar-refractivity contribution in [1.82, 2.24) is 15.1 Å². The predicted octanol–water partition coefficient (Wildman–Crippen LogP) is 1.51.